The van der Waals surface area contributed by atoms with E-state index in [4.69, 9.17) is 0 Å². The third-order valence-electron chi connectivity index (χ3n) is 7.43. The molecule has 0 aliphatic rings. The van der Waals surface area contributed by atoms with Crippen LogP contribution in [0.2, 0.25) is 0 Å². The van der Waals surface area contributed by atoms with E-state index >= 15 is 0 Å². The lowest BCUT2D eigenvalue weighted by molar-refractivity contribution is 1.29. The van der Waals surface area contributed by atoms with E-state index in [0.29, 0.717) is 0 Å². The molecular weight excluding hydrogens is 564 g/mol. The Bertz CT molecular complexity index is 1860. The van der Waals surface area contributed by atoms with Crippen molar-refractivity contribution in [2.24, 2.45) is 0 Å². The van der Waals surface area contributed by atoms with Gasteiger partial charge in [-0.25, -0.2) is 0 Å². The van der Waals surface area contributed by atoms with E-state index in [1.807, 2.05) is 0 Å². The van der Waals surface area contributed by atoms with Crippen molar-refractivity contribution in [2.45, 2.75) is 0 Å². The first-order valence-electron chi connectivity index (χ1n) is 13.7. The van der Waals surface area contributed by atoms with Gasteiger partial charge in [-0.05, 0) is 60.7 Å². The summed E-state index contributed by atoms with van der Waals surface area (Å²) in [5, 5.41) is 4.70. The molecule has 0 radical (unpaired) electrons. The fraction of sp³-hybridized carbons (Fsp3) is 0. The van der Waals surface area contributed by atoms with Crippen LogP contribution in [0.5, 0.6) is 0 Å². The van der Waals surface area contributed by atoms with Crippen molar-refractivity contribution in [3.05, 3.63) is 168 Å². The number of nitrogens with zero attached hydrogens (tertiary/aromatic N) is 2. The highest BCUT2D eigenvalue weighted by Crippen LogP contribution is 2.51. The standard InChI is InChI=1S/C38H27BrN2/c39-28-25-26-35-36(27-28)38(41(31-19-9-3-10-20-31)32-21-11-4-12-22-32)34-24-14-13-23-33(34)37(35)40(29-15-5-1-6-16-29)30-17-7-2-8-18-30/h1-27H. The molecule has 0 unspecified atom stereocenters. The average Bonchev–Trinajstić information content (AvgIpc) is 3.04. The summed E-state index contributed by atoms with van der Waals surface area (Å²) in [6.45, 7) is 0. The molecule has 0 saturated heterocycles. The van der Waals surface area contributed by atoms with Crippen LogP contribution in [-0.4, -0.2) is 0 Å². The van der Waals surface area contributed by atoms with Gasteiger partial charge in [-0.2, -0.15) is 0 Å². The molecule has 41 heavy (non-hydrogen) atoms. The highest BCUT2D eigenvalue weighted by molar-refractivity contribution is 9.10. The monoisotopic (exact) mass is 590 g/mol. The Kier molecular flexibility index (Phi) is 6.72. The van der Waals surface area contributed by atoms with Crippen LogP contribution < -0.4 is 9.80 Å². The van der Waals surface area contributed by atoms with Gasteiger partial charge in [-0.3, -0.25) is 0 Å². The third kappa shape index (κ3) is 4.65. The van der Waals surface area contributed by atoms with Gasteiger partial charge in [-0.1, -0.05) is 119 Å². The molecule has 196 valence electrons. The molecule has 0 saturated carbocycles. The minimum absolute atomic E-state index is 1.04. The van der Waals surface area contributed by atoms with Gasteiger partial charge in [-0.15, -0.1) is 0 Å². The average molecular weight is 592 g/mol. The minimum Gasteiger partial charge on any atom is -0.309 e. The first-order chi connectivity index (χ1) is 20.3. The second-order valence-corrected chi connectivity index (χ2v) is 10.9. The molecule has 0 aliphatic heterocycles. The van der Waals surface area contributed by atoms with Crippen LogP contribution in [0.25, 0.3) is 21.5 Å². The summed E-state index contributed by atoms with van der Waals surface area (Å²) < 4.78 is 1.04. The van der Waals surface area contributed by atoms with E-state index in [-0.39, 0.29) is 0 Å². The quantitative estimate of drug-likeness (QED) is 0.140. The van der Waals surface area contributed by atoms with Crippen LogP contribution in [-0.2, 0) is 0 Å². The van der Waals surface area contributed by atoms with Gasteiger partial charge in [0.1, 0.15) is 0 Å². The fourth-order valence-corrected chi connectivity index (χ4v) is 6.07. The molecule has 0 spiro atoms. The van der Waals surface area contributed by atoms with Gasteiger partial charge in [0.05, 0.1) is 11.4 Å². The third-order valence-corrected chi connectivity index (χ3v) is 7.93. The first-order valence-corrected chi connectivity index (χ1v) is 14.5. The van der Waals surface area contributed by atoms with E-state index in [0.717, 1.165) is 44.0 Å². The molecule has 0 N–H and O–H groups in total. The fourth-order valence-electron chi connectivity index (χ4n) is 5.71. The smallest absolute Gasteiger partial charge is 0.0620 e. The maximum Gasteiger partial charge on any atom is 0.0620 e. The molecule has 0 bridgehead atoms. The molecule has 2 nitrogen and oxygen atoms in total. The number of halogens is 1. The number of rotatable bonds is 6. The van der Waals surface area contributed by atoms with Crippen LogP contribution in [0.15, 0.2) is 168 Å². The molecule has 0 heterocycles. The van der Waals surface area contributed by atoms with Crippen molar-refractivity contribution in [2.75, 3.05) is 9.80 Å². The summed E-state index contributed by atoms with van der Waals surface area (Å²) in [5.41, 5.74) is 6.76. The van der Waals surface area contributed by atoms with Crippen molar-refractivity contribution in [1.29, 1.82) is 0 Å². The molecule has 3 heteroatoms. The molecule has 0 aromatic heterocycles. The molecule has 0 aliphatic carbocycles. The van der Waals surface area contributed by atoms with Crippen LogP contribution in [0.1, 0.15) is 0 Å². The molecule has 7 aromatic carbocycles. The second-order valence-electron chi connectivity index (χ2n) is 9.95. The van der Waals surface area contributed by atoms with E-state index < -0.39 is 0 Å². The lowest BCUT2D eigenvalue weighted by Crippen LogP contribution is -2.14. The predicted molar refractivity (Wildman–Crippen MR) is 179 cm³/mol. The van der Waals surface area contributed by atoms with Gasteiger partial charge in [0.2, 0.25) is 0 Å². The molecule has 7 aromatic rings. The van der Waals surface area contributed by atoms with Crippen LogP contribution in [0, 0.1) is 0 Å². The SMILES string of the molecule is Brc1ccc2c(N(c3ccccc3)c3ccccc3)c3ccccc3c(N(c3ccccc3)c3ccccc3)c2c1. The van der Waals surface area contributed by atoms with E-state index in [2.05, 4.69) is 190 Å². The topological polar surface area (TPSA) is 6.48 Å². The maximum atomic E-state index is 3.81. The highest BCUT2D eigenvalue weighted by atomic mass is 79.9. The van der Waals surface area contributed by atoms with Gasteiger partial charge in [0.25, 0.3) is 0 Å². The number of fused-ring (bicyclic) bond motifs is 2. The summed E-state index contributed by atoms with van der Waals surface area (Å²) in [5.74, 6) is 0. The van der Waals surface area contributed by atoms with Crippen molar-refractivity contribution in [1.82, 2.24) is 0 Å². The van der Waals surface area contributed by atoms with E-state index in [1.54, 1.807) is 0 Å². The van der Waals surface area contributed by atoms with Crippen molar-refractivity contribution >= 4 is 71.6 Å². The molecule has 7 rings (SSSR count). The Morgan fingerprint density at radius 3 is 1.02 bits per heavy atom. The largest absolute Gasteiger partial charge is 0.309 e. The lowest BCUT2D eigenvalue weighted by Gasteiger charge is -2.32. The molecular formula is C38H27BrN2. The summed E-state index contributed by atoms with van der Waals surface area (Å²) >= 11 is 3.81. The van der Waals surface area contributed by atoms with Crippen LogP contribution in [0.3, 0.4) is 0 Å². The first kappa shape index (κ1) is 25.1. The number of hydrogen-bond acceptors (Lipinski definition) is 2. The lowest BCUT2D eigenvalue weighted by atomic mass is 9.95. The van der Waals surface area contributed by atoms with Crippen molar-refractivity contribution in [3.8, 4) is 0 Å². The van der Waals surface area contributed by atoms with Crippen LogP contribution in [0.4, 0.5) is 34.1 Å². The highest BCUT2D eigenvalue weighted by Gasteiger charge is 2.25. The van der Waals surface area contributed by atoms with Crippen molar-refractivity contribution < 1.29 is 0 Å². The predicted octanol–water partition coefficient (Wildman–Crippen LogP) is 11.7. The minimum atomic E-state index is 1.04. The number of benzene rings is 7. The Morgan fingerprint density at radius 1 is 0.317 bits per heavy atom. The summed E-state index contributed by atoms with van der Waals surface area (Å²) in [7, 11) is 0. The van der Waals surface area contributed by atoms with Gasteiger partial charge in [0, 0.05) is 48.8 Å². The zero-order chi connectivity index (χ0) is 27.6. The zero-order valence-electron chi connectivity index (χ0n) is 22.4. The summed E-state index contributed by atoms with van der Waals surface area (Å²) in [4.78, 5) is 4.77. The molecule has 0 amide bonds. The number of para-hydroxylation sites is 4. The Balaban J connectivity index is 1.64. The summed E-state index contributed by atoms with van der Waals surface area (Å²) in [6.07, 6.45) is 0. The van der Waals surface area contributed by atoms with E-state index in [1.165, 1.54) is 16.2 Å². The summed E-state index contributed by atoms with van der Waals surface area (Å²) in [6, 6.07) is 58.0. The Morgan fingerprint density at radius 2 is 0.634 bits per heavy atom. The second kappa shape index (κ2) is 11.0. The zero-order valence-corrected chi connectivity index (χ0v) is 23.9. The van der Waals surface area contributed by atoms with Gasteiger partial charge < -0.3 is 9.80 Å². The van der Waals surface area contributed by atoms with E-state index in [9.17, 15) is 0 Å². The maximum absolute atomic E-state index is 3.81. The Labute approximate surface area is 248 Å². The number of hydrogen-bond donors (Lipinski definition) is 0. The van der Waals surface area contributed by atoms with Crippen molar-refractivity contribution in [3.63, 3.8) is 0 Å². The van der Waals surface area contributed by atoms with Crippen LogP contribution >= 0.6 is 15.9 Å². The molecule has 0 fully saturated rings. The molecule has 0 atom stereocenters. The number of anilines is 6. The van der Waals surface area contributed by atoms with Gasteiger partial charge in [0.15, 0.2) is 0 Å². The normalized spacial score (nSPS) is 11.0. The Hall–Kier alpha value is -4.86. The van der Waals surface area contributed by atoms with Gasteiger partial charge >= 0.3 is 0 Å².